The molecule has 0 bridgehead atoms. The van der Waals surface area contributed by atoms with Crippen molar-refractivity contribution in [3.63, 3.8) is 0 Å². The van der Waals surface area contributed by atoms with Gasteiger partial charge in [-0.1, -0.05) is 29.3 Å². The summed E-state index contributed by atoms with van der Waals surface area (Å²) in [6, 6.07) is 8.39. The largest absolute Gasteiger partial charge is 0.416 e. The van der Waals surface area contributed by atoms with E-state index in [1.54, 1.807) is 6.07 Å². The van der Waals surface area contributed by atoms with Gasteiger partial charge in [0.2, 0.25) is 0 Å². The number of amides is 1. The molecule has 6 rings (SSSR count). The number of carbonyl (C=O) groups excluding carboxylic acids is 1. The van der Waals surface area contributed by atoms with Crippen molar-refractivity contribution in [2.75, 3.05) is 11.4 Å². The number of anilines is 1. The first-order chi connectivity index (χ1) is 17.0. The van der Waals surface area contributed by atoms with Gasteiger partial charge < -0.3 is 10.0 Å². The van der Waals surface area contributed by atoms with Gasteiger partial charge in [-0.25, -0.2) is 0 Å². The number of fused-ring (bicyclic) bond motifs is 1. The smallest absolute Gasteiger partial charge is 0.372 e. The Morgan fingerprint density at radius 2 is 1.69 bits per heavy atom. The molecule has 1 heterocycles. The van der Waals surface area contributed by atoms with E-state index in [0.29, 0.717) is 21.7 Å². The molecule has 3 fully saturated rings. The van der Waals surface area contributed by atoms with Crippen molar-refractivity contribution in [3.8, 4) is 0 Å². The van der Waals surface area contributed by atoms with Gasteiger partial charge in [-0.3, -0.25) is 9.69 Å². The summed E-state index contributed by atoms with van der Waals surface area (Å²) in [6.45, 7) is 0.260. The molecule has 2 aromatic carbocycles. The number of halogens is 6. The Morgan fingerprint density at radius 1 is 1.06 bits per heavy atom. The van der Waals surface area contributed by atoms with Crippen molar-refractivity contribution in [1.82, 2.24) is 4.90 Å². The number of aliphatic hydroxyl groups is 1. The van der Waals surface area contributed by atoms with E-state index in [9.17, 15) is 23.1 Å². The lowest BCUT2D eigenvalue weighted by Gasteiger charge is -2.45. The summed E-state index contributed by atoms with van der Waals surface area (Å²) in [4.78, 5) is 17.8. The minimum Gasteiger partial charge on any atom is -0.372 e. The molecule has 10 heteroatoms. The van der Waals surface area contributed by atoms with Gasteiger partial charge in [0.15, 0.2) is 5.60 Å². The summed E-state index contributed by atoms with van der Waals surface area (Å²) >= 11 is 14.2. The Kier molecular flexibility index (Phi) is 6.11. The third-order valence-electron chi connectivity index (χ3n) is 7.93. The predicted octanol–water partition coefficient (Wildman–Crippen LogP) is 6.60. The molecule has 4 aliphatic rings. The third-order valence-corrected chi connectivity index (χ3v) is 9.10. The fourth-order valence-electron chi connectivity index (χ4n) is 6.03. The van der Waals surface area contributed by atoms with Crippen LogP contribution in [-0.2, 0) is 16.6 Å². The zero-order valence-electron chi connectivity index (χ0n) is 19.2. The van der Waals surface area contributed by atoms with Crippen molar-refractivity contribution < 1.29 is 23.1 Å². The molecule has 0 saturated heterocycles. The zero-order valence-corrected chi connectivity index (χ0v) is 22.8. The van der Waals surface area contributed by atoms with Crippen LogP contribution in [0.15, 0.2) is 30.3 Å². The van der Waals surface area contributed by atoms with Gasteiger partial charge in [-0.15, -0.1) is 0 Å². The second kappa shape index (κ2) is 8.73. The predicted molar refractivity (Wildman–Crippen MR) is 140 cm³/mol. The van der Waals surface area contributed by atoms with Crippen LogP contribution in [0.1, 0.15) is 55.2 Å². The second-order valence-electron chi connectivity index (χ2n) is 10.5. The van der Waals surface area contributed by atoms with Gasteiger partial charge in [-0.2, -0.15) is 13.2 Å². The minimum atomic E-state index is -4.77. The highest BCUT2D eigenvalue weighted by atomic mass is 127. The molecule has 3 saturated carbocycles. The first-order valence-electron chi connectivity index (χ1n) is 12.2. The van der Waals surface area contributed by atoms with E-state index < -0.39 is 28.8 Å². The highest BCUT2D eigenvalue weighted by Crippen LogP contribution is 2.53. The average Bonchev–Trinajstić information content (AvgIpc) is 3.68. The first-order valence-corrected chi connectivity index (χ1v) is 14.0. The quantitative estimate of drug-likeness (QED) is 0.358. The van der Waals surface area contributed by atoms with Gasteiger partial charge >= 0.3 is 6.18 Å². The van der Waals surface area contributed by atoms with Crippen molar-refractivity contribution in [3.05, 3.63) is 60.6 Å². The Morgan fingerprint density at radius 3 is 2.25 bits per heavy atom. The van der Waals surface area contributed by atoms with Crippen LogP contribution in [0.3, 0.4) is 0 Å². The standard InChI is InChI=1S/C26H24Cl2F3IN2O2/c27-14-1-6-19(21(28)9-14)25(36)23-20(26(29,30)31)10-15(32)11-22(23)33(24(25)35)12-13-7-18(8-13)34(16-2-3-16)17-4-5-17/h1,6,9-11,13,16-18,36H,2-5,7-8,12H2/t13-,18-,25?. The summed E-state index contributed by atoms with van der Waals surface area (Å²) in [5, 5.41) is 12.0. The first kappa shape index (κ1) is 25.2. The number of hydrogen-bond donors (Lipinski definition) is 1. The number of rotatable bonds is 6. The summed E-state index contributed by atoms with van der Waals surface area (Å²) in [6.07, 6.45) is 1.99. The molecule has 1 atom stereocenters. The fraction of sp³-hybridized carbons (Fsp3) is 0.500. The molecular weight excluding hydrogens is 627 g/mol. The van der Waals surface area contributed by atoms with Crippen molar-refractivity contribution in [2.24, 2.45) is 5.92 Å². The molecular formula is C26H24Cl2F3IN2O2. The van der Waals surface area contributed by atoms with Gasteiger partial charge in [0.25, 0.3) is 5.91 Å². The van der Waals surface area contributed by atoms with Crippen LogP contribution in [0.5, 0.6) is 0 Å². The van der Waals surface area contributed by atoms with Gasteiger partial charge in [-0.05, 0) is 91.3 Å². The third kappa shape index (κ3) is 4.15. The molecule has 0 aromatic heterocycles. The maximum Gasteiger partial charge on any atom is 0.416 e. The lowest BCUT2D eigenvalue weighted by molar-refractivity contribution is -0.142. The number of nitrogens with zero attached hydrogens (tertiary/aromatic N) is 2. The minimum absolute atomic E-state index is 0.0639. The summed E-state index contributed by atoms with van der Waals surface area (Å²) in [5.74, 6) is -0.652. The number of benzene rings is 2. The van der Waals surface area contributed by atoms with E-state index in [0.717, 1.165) is 18.9 Å². The number of carbonyl (C=O) groups is 1. The Balaban J connectivity index is 1.37. The Hall–Kier alpha value is -1.07. The lowest BCUT2D eigenvalue weighted by atomic mass is 9.78. The van der Waals surface area contributed by atoms with Crippen molar-refractivity contribution in [1.29, 1.82) is 0 Å². The molecule has 1 aliphatic heterocycles. The molecule has 0 radical (unpaired) electrons. The monoisotopic (exact) mass is 650 g/mol. The van der Waals surface area contributed by atoms with Gasteiger partial charge in [0.1, 0.15) is 0 Å². The van der Waals surface area contributed by atoms with Gasteiger partial charge in [0, 0.05) is 49.4 Å². The van der Waals surface area contributed by atoms with Crippen LogP contribution in [0.2, 0.25) is 10.0 Å². The van der Waals surface area contributed by atoms with Crippen LogP contribution in [0, 0.1) is 9.49 Å². The van der Waals surface area contributed by atoms with E-state index >= 15 is 0 Å². The van der Waals surface area contributed by atoms with Crippen molar-refractivity contribution >= 4 is 57.4 Å². The molecule has 2 aromatic rings. The zero-order chi connectivity index (χ0) is 25.6. The topological polar surface area (TPSA) is 43.8 Å². The highest BCUT2D eigenvalue weighted by molar-refractivity contribution is 14.1. The average molecular weight is 651 g/mol. The Labute approximate surface area is 230 Å². The van der Waals surface area contributed by atoms with Crippen LogP contribution in [-0.4, -0.2) is 40.6 Å². The second-order valence-corrected chi connectivity index (χ2v) is 12.6. The SMILES string of the molecule is O=C1N(C[C@H]2C[C@H](N(C3CC3)C3CC3)C2)c2cc(I)cc(C(F)(F)F)c2C1(O)c1ccc(Cl)cc1Cl. The molecule has 1 amide bonds. The van der Waals surface area contributed by atoms with E-state index in [2.05, 4.69) is 4.90 Å². The lowest BCUT2D eigenvalue weighted by Crippen LogP contribution is -2.51. The summed E-state index contributed by atoms with van der Waals surface area (Å²) in [5.41, 5.74) is -4.07. The molecule has 3 aliphatic carbocycles. The van der Waals surface area contributed by atoms with Crippen LogP contribution in [0.25, 0.3) is 0 Å². The molecule has 192 valence electrons. The highest BCUT2D eigenvalue weighted by Gasteiger charge is 2.57. The van der Waals surface area contributed by atoms with E-state index in [4.69, 9.17) is 23.2 Å². The molecule has 1 N–H and O–H groups in total. The van der Waals surface area contributed by atoms with E-state index in [-0.39, 0.29) is 33.8 Å². The van der Waals surface area contributed by atoms with Crippen molar-refractivity contribution in [2.45, 2.75) is 68.4 Å². The van der Waals surface area contributed by atoms with Crippen LogP contribution in [0.4, 0.5) is 18.9 Å². The molecule has 1 unspecified atom stereocenters. The molecule has 4 nitrogen and oxygen atoms in total. The number of alkyl halides is 3. The summed E-state index contributed by atoms with van der Waals surface area (Å²) < 4.78 is 43.1. The Bertz CT molecular complexity index is 1230. The normalized spacial score (nSPS) is 28.0. The number of hydrogen-bond acceptors (Lipinski definition) is 3. The maximum atomic E-state index is 14.2. The fourth-order valence-corrected chi connectivity index (χ4v) is 7.18. The van der Waals surface area contributed by atoms with E-state index in [1.165, 1.54) is 48.8 Å². The molecule has 36 heavy (non-hydrogen) atoms. The van der Waals surface area contributed by atoms with Gasteiger partial charge in [0.05, 0.1) is 11.3 Å². The van der Waals surface area contributed by atoms with E-state index in [1.807, 2.05) is 22.6 Å². The van der Waals surface area contributed by atoms with Crippen LogP contribution >= 0.6 is 45.8 Å². The summed E-state index contributed by atoms with van der Waals surface area (Å²) in [7, 11) is 0. The van der Waals surface area contributed by atoms with Crippen LogP contribution < -0.4 is 4.90 Å². The molecule has 0 spiro atoms. The maximum absolute atomic E-state index is 14.2.